The van der Waals surface area contributed by atoms with Gasteiger partial charge in [0.15, 0.2) is 5.17 Å². The van der Waals surface area contributed by atoms with Gasteiger partial charge in [0.05, 0.1) is 5.75 Å². The van der Waals surface area contributed by atoms with E-state index < -0.39 is 0 Å². The van der Waals surface area contributed by atoms with Gasteiger partial charge >= 0.3 is 0 Å². The van der Waals surface area contributed by atoms with E-state index in [4.69, 9.17) is 4.42 Å². The van der Waals surface area contributed by atoms with Crippen LogP contribution in [0.2, 0.25) is 0 Å². The molecule has 0 saturated carbocycles. The predicted molar refractivity (Wildman–Crippen MR) is 67.5 cm³/mol. The van der Waals surface area contributed by atoms with Gasteiger partial charge in [-0.25, -0.2) is 0 Å². The van der Waals surface area contributed by atoms with Crippen molar-refractivity contribution < 1.29 is 9.21 Å². The van der Waals surface area contributed by atoms with E-state index in [9.17, 15) is 4.79 Å². The van der Waals surface area contributed by atoms with Gasteiger partial charge in [0.25, 0.3) is 0 Å². The molecule has 1 aliphatic heterocycles. The molecule has 0 spiro atoms. The average Bonchev–Trinajstić information content (AvgIpc) is 2.88. The van der Waals surface area contributed by atoms with Crippen LogP contribution in [0.15, 0.2) is 28.1 Å². The number of nitrogens with zero attached hydrogens (tertiary/aromatic N) is 1. The third-order valence-electron chi connectivity index (χ3n) is 1.75. The molecule has 1 saturated heterocycles. The molecule has 0 unspecified atom stereocenters. The molecule has 86 valence electrons. The summed E-state index contributed by atoms with van der Waals surface area (Å²) in [6.45, 7) is 5.46. The summed E-state index contributed by atoms with van der Waals surface area (Å²) in [4.78, 5) is 14.2. The third kappa shape index (κ3) is 3.94. The minimum Gasteiger partial charge on any atom is -0.462 e. The smallest absolute Gasteiger partial charge is 0.236 e. The second-order valence-corrected chi connectivity index (χ2v) is 3.98. The number of amidine groups is 1. The normalized spacial score (nSPS) is 16.6. The lowest BCUT2D eigenvalue weighted by atomic mass is 10.4. The van der Waals surface area contributed by atoms with Crippen LogP contribution >= 0.6 is 11.8 Å². The van der Waals surface area contributed by atoms with E-state index in [0.29, 0.717) is 5.75 Å². The van der Waals surface area contributed by atoms with E-state index in [0.717, 1.165) is 16.7 Å². The lowest BCUT2D eigenvalue weighted by Crippen LogP contribution is -2.19. The predicted octanol–water partition coefficient (Wildman–Crippen LogP) is 2.07. The number of furan rings is 1. The van der Waals surface area contributed by atoms with Crippen molar-refractivity contribution in [1.29, 1.82) is 0 Å². The van der Waals surface area contributed by atoms with Gasteiger partial charge in [-0.15, -0.1) is 0 Å². The largest absolute Gasteiger partial charge is 0.462 e. The fourth-order valence-corrected chi connectivity index (χ4v) is 1.66. The van der Waals surface area contributed by atoms with Gasteiger partial charge < -0.3 is 9.73 Å². The molecule has 0 aliphatic carbocycles. The number of nitrogens with one attached hydrogen (secondary N) is 1. The number of hydrogen-bond donors (Lipinski definition) is 1. The molecule has 0 atom stereocenters. The van der Waals surface area contributed by atoms with Gasteiger partial charge in [0.2, 0.25) is 5.91 Å². The molecule has 1 aromatic heterocycles. The van der Waals surface area contributed by atoms with Crippen LogP contribution in [0.1, 0.15) is 11.5 Å². The van der Waals surface area contributed by atoms with Crippen molar-refractivity contribution in [1.82, 2.24) is 5.32 Å². The molecule has 1 amide bonds. The minimum absolute atomic E-state index is 0.0515. The van der Waals surface area contributed by atoms with E-state index >= 15 is 0 Å². The summed E-state index contributed by atoms with van der Waals surface area (Å²) in [6, 6.07) is 3.80. The van der Waals surface area contributed by atoms with E-state index in [1.54, 1.807) is 13.1 Å². The van der Waals surface area contributed by atoms with Gasteiger partial charge in [-0.05, 0) is 25.1 Å². The average molecular weight is 238 g/mol. The van der Waals surface area contributed by atoms with Gasteiger partial charge in [0, 0.05) is 7.05 Å². The van der Waals surface area contributed by atoms with Crippen molar-refractivity contribution in [3.63, 3.8) is 0 Å². The highest BCUT2D eigenvalue weighted by Crippen LogP contribution is 2.07. The Morgan fingerprint density at radius 1 is 1.62 bits per heavy atom. The number of amides is 1. The van der Waals surface area contributed by atoms with Crippen molar-refractivity contribution in [3.05, 3.63) is 30.2 Å². The van der Waals surface area contributed by atoms with Crippen molar-refractivity contribution in [2.75, 3.05) is 12.8 Å². The highest BCUT2D eigenvalue weighted by Gasteiger charge is 2.14. The standard InChI is InChI=1S/C7H8O.C4H6N2OS/c1-3-7-5-4-6(2)8-7;1-5-4-6-3(7)2-8-4/h3-5H,1H2,2H3;2H2,1H3,(H,5,6,7). The summed E-state index contributed by atoms with van der Waals surface area (Å²) in [7, 11) is 1.66. The SMILES string of the molecule is C=Cc1ccc(C)o1.CN=C1NC(=O)CS1. The first-order valence-corrected chi connectivity index (χ1v) is 5.72. The number of thioether (sulfide) groups is 1. The summed E-state index contributed by atoms with van der Waals surface area (Å²) < 4.78 is 5.11. The Morgan fingerprint density at radius 2 is 2.38 bits per heavy atom. The Morgan fingerprint density at radius 3 is 2.62 bits per heavy atom. The molecule has 2 rings (SSSR count). The van der Waals surface area contributed by atoms with E-state index in [2.05, 4.69) is 16.9 Å². The van der Waals surface area contributed by atoms with Gasteiger partial charge in [-0.1, -0.05) is 18.3 Å². The summed E-state index contributed by atoms with van der Waals surface area (Å²) >= 11 is 1.44. The first-order valence-electron chi connectivity index (χ1n) is 4.74. The minimum atomic E-state index is 0.0515. The molecule has 1 fully saturated rings. The Kier molecular flexibility index (Phi) is 4.85. The topological polar surface area (TPSA) is 54.6 Å². The first-order chi connectivity index (χ1) is 7.65. The van der Waals surface area contributed by atoms with Crippen molar-refractivity contribution in [3.8, 4) is 0 Å². The lowest BCUT2D eigenvalue weighted by Gasteiger charge is -1.86. The number of rotatable bonds is 1. The fraction of sp³-hybridized carbons (Fsp3) is 0.273. The number of carbonyl (C=O) groups is 1. The van der Waals surface area contributed by atoms with Crippen LogP contribution in [0.25, 0.3) is 6.08 Å². The highest BCUT2D eigenvalue weighted by atomic mass is 32.2. The molecular formula is C11H14N2O2S. The molecule has 0 bridgehead atoms. The van der Waals surface area contributed by atoms with Gasteiger partial charge in [0.1, 0.15) is 11.5 Å². The van der Waals surface area contributed by atoms with Gasteiger partial charge in [-0.2, -0.15) is 0 Å². The molecule has 16 heavy (non-hydrogen) atoms. The second kappa shape index (κ2) is 6.17. The van der Waals surface area contributed by atoms with Crippen LogP contribution in [0.4, 0.5) is 0 Å². The quantitative estimate of drug-likeness (QED) is 0.814. The molecule has 1 N–H and O–H groups in total. The zero-order valence-electron chi connectivity index (χ0n) is 9.32. The molecular weight excluding hydrogens is 224 g/mol. The Hall–Kier alpha value is -1.49. The van der Waals surface area contributed by atoms with Crippen molar-refractivity contribution in [2.24, 2.45) is 4.99 Å². The molecule has 1 aromatic rings. The van der Waals surface area contributed by atoms with Crippen LogP contribution < -0.4 is 5.32 Å². The third-order valence-corrected chi connectivity index (χ3v) is 2.72. The second-order valence-electron chi connectivity index (χ2n) is 3.02. The van der Waals surface area contributed by atoms with Crippen LogP contribution in [-0.2, 0) is 4.79 Å². The lowest BCUT2D eigenvalue weighted by molar-refractivity contribution is -0.116. The Balaban J connectivity index is 0.000000160. The monoisotopic (exact) mass is 238 g/mol. The zero-order valence-corrected chi connectivity index (χ0v) is 10.1. The van der Waals surface area contributed by atoms with Crippen LogP contribution in [0, 0.1) is 6.92 Å². The highest BCUT2D eigenvalue weighted by molar-refractivity contribution is 8.15. The van der Waals surface area contributed by atoms with E-state index in [1.807, 2.05) is 19.1 Å². The Labute approximate surface area is 98.8 Å². The van der Waals surface area contributed by atoms with Crippen molar-refractivity contribution >= 4 is 28.9 Å². The van der Waals surface area contributed by atoms with Crippen LogP contribution in [-0.4, -0.2) is 23.9 Å². The summed E-state index contributed by atoms with van der Waals surface area (Å²) in [5, 5.41) is 3.31. The van der Waals surface area contributed by atoms with E-state index in [1.165, 1.54) is 11.8 Å². The van der Waals surface area contributed by atoms with Crippen LogP contribution in [0.5, 0.6) is 0 Å². The van der Waals surface area contributed by atoms with Crippen LogP contribution in [0.3, 0.4) is 0 Å². The summed E-state index contributed by atoms with van der Waals surface area (Å²) in [6.07, 6.45) is 1.69. The first kappa shape index (κ1) is 12.6. The molecule has 2 heterocycles. The zero-order chi connectivity index (χ0) is 12.0. The van der Waals surface area contributed by atoms with Gasteiger partial charge in [-0.3, -0.25) is 9.79 Å². The number of aliphatic imine (C=N–C) groups is 1. The number of carbonyl (C=O) groups excluding carboxylic acids is 1. The molecule has 0 radical (unpaired) electrons. The molecule has 0 aromatic carbocycles. The molecule has 5 heteroatoms. The summed E-state index contributed by atoms with van der Waals surface area (Å²) in [5.74, 6) is 2.34. The summed E-state index contributed by atoms with van der Waals surface area (Å²) in [5.41, 5.74) is 0. The molecule has 4 nitrogen and oxygen atoms in total. The van der Waals surface area contributed by atoms with E-state index in [-0.39, 0.29) is 5.91 Å². The maximum Gasteiger partial charge on any atom is 0.236 e. The maximum atomic E-state index is 10.4. The number of aryl methyl sites for hydroxylation is 1. The van der Waals surface area contributed by atoms with Crippen molar-refractivity contribution in [2.45, 2.75) is 6.92 Å². The number of hydrogen-bond acceptors (Lipinski definition) is 4. The Bertz CT molecular complexity index is 410. The fourth-order valence-electron chi connectivity index (χ4n) is 1.01. The molecule has 1 aliphatic rings. The maximum absolute atomic E-state index is 10.4.